The van der Waals surface area contributed by atoms with Gasteiger partial charge in [0.1, 0.15) is 5.82 Å². The highest BCUT2D eigenvalue weighted by molar-refractivity contribution is 7.12. The lowest BCUT2D eigenvalue weighted by Crippen LogP contribution is -2.00. The van der Waals surface area contributed by atoms with Crippen LogP contribution in [0.15, 0.2) is 24.3 Å². The Kier molecular flexibility index (Phi) is 4.05. The molecule has 0 radical (unpaired) electrons. The highest BCUT2D eigenvalue weighted by Crippen LogP contribution is 2.30. The standard InChI is InChI=1S/C14H14ClFOS/c1-8-5-14(18-9(8)2)13(17)6-10-3-4-11(16)7-12(10)15/h3-5,7,13,17H,6H2,1-2H3. The molecule has 2 rings (SSSR count). The maximum Gasteiger partial charge on any atom is 0.124 e. The molecule has 1 heterocycles. The van der Waals surface area contributed by atoms with E-state index < -0.39 is 6.10 Å². The first-order chi connectivity index (χ1) is 8.47. The van der Waals surface area contributed by atoms with Crippen LogP contribution in [0.25, 0.3) is 0 Å². The van der Waals surface area contributed by atoms with Crippen molar-refractivity contribution < 1.29 is 9.50 Å². The molecule has 1 atom stereocenters. The lowest BCUT2D eigenvalue weighted by Gasteiger charge is -2.10. The molecule has 1 nitrogen and oxygen atoms in total. The summed E-state index contributed by atoms with van der Waals surface area (Å²) in [6.45, 7) is 4.05. The molecule has 2 aromatic rings. The van der Waals surface area contributed by atoms with E-state index >= 15 is 0 Å². The average Bonchev–Trinajstić information content (AvgIpc) is 2.63. The number of rotatable bonds is 3. The number of benzene rings is 1. The molecule has 0 aliphatic heterocycles. The Balaban J connectivity index is 2.18. The molecule has 1 aromatic carbocycles. The fourth-order valence-corrected chi connectivity index (χ4v) is 3.04. The maximum absolute atomic E-state index is 12.9. The summed E-state index contributed by atoms with van der Waals surface area (Å²) in [6.07, 6.45) is -0.191. The topological polar surface area (TPSA) is 20.2 Å². The van der Waals surface area contributed by atoms with Crippen molar-refractivity contribution in [3.8, 4) is 0 Å². The summed E-state index contributed by atoms with van der Waals surface area (Å²) in [7, 11) is 0. The molecule has 0 fully saturated rings. The van der Waals surface area contributed by atoms with E-state index in [1.165, 1.54) is 22.6 Å². The van der Waals surface area contributed by atoms with Crippen molar-refractivity contribution in [2.24, 2.45) is 0 Å². The van der Waals surface area contributed by atoms with Crippen LogP contribution in [0.2, 0.25) is 5.02 Å². The number of hydrogen-bond acceptors (Lipinski definition) is 2. The first-order valence-electron chi connectivity index (χ1n) is 5.66. The third-order valence-electron chi connectivity index (χ3n) is 2.94. The van der Waals surface area contributed by atoms with Gasteiger partial charge >= 0.3 is 0 Å². The number of aliphatic hydroxyl groups excluding tert-OH is 1. The minimum atomic E-state index is -0.592. The second kappa shape index (κ2) is 5.39. The average molecular weight is 285 g/mol. The SMILES string of the molecule is Cc1cc(C(O)Cc2ccc(F)cc2Cl)sc1C. The van der Waals surface area contributed by atoms with Crippen LogP contribution in [0.3, 0.4) is 0 Å². The van der Waals surface area contributed by atoms with Gasteiger partial charge in [-0.15, -0.1) is 11.3 Å². The summed E-state index contributed by atoms with van der Waals surface area (Å²) in [5.74, 6) is -0.360. The van der Waals surface area contributed by atoms with Crippen molar-refractivity contribution >= 4 is 22.9 Å². The minimum absolute atomic E-state index is 0.360. The Bertz CT molecular complexity index is 545. The Labute approximate surface area is 115 Å². The summed E-state index contributed by atoms with van der Waals surface area (Å²) in [4.78, 5) is 2.12. The Morgan fingerprint density at radius 2 is 2.06 bits per heavy atom. The lowest BCUT2D eigenvalue weighted by molar-refractivity contribution is 0.182. The molecular weight excluding hydrogens is 271 g/mol. The molecule has 96 valence electrons. The van der Waals surface area contributed by atoms with E-state index in [4.69, 9.17) is 11.6 Å². The van der Waals surface area contributed by atoms with Crippen molar-refractivity contribution in [3.05, 3.63) is 56.0 Å². The third-order valence-corrected chi connectivity index (χ3v) is 4.55. The van der Waals surface area contributed by atoms with Gasteiger partial charge in [0.2, 0.25) is 0 Å². The second-order valence-electron chi connectivity index (χ2n) is 4.34. The van der Waals surface area contributed by atoms with E-state index in [1.54, 1.807) is 17.4 Å². The van der Waals surface area contributed by atoms with Crippen molar-refractivity contribution in [1.29, 1.82) is 0 Å². The molecule has 1 N–H and O–H groups in total. The molecule has 0 spiro atoms. The van der Waals surface area contributed by atoms with E-state index in [-0.39, 0.29) is 5.82 Å². The molecule has 0 aliphatic rings. The van der Waals surface area contributed by atoms with Gasteiger partial charge in [-0.25, -0.2) is 4.39 Å². The molecule has 1 unspecified atom stereocenters. The highest BCUT2D eigenvalue weighted by atomic mass is 35.5. The zero-order valence-corrected chi connectivity index (χ0v) is 11.8. The van der Waals surface area contributed by atoms with E-state index in [1.807, 2.05) is 19.9 Å². The van der Waals surface area contributed by atoms with Gasteiger partial charge in [0.05, 0.1) is 6.10 Å². The van der Waals surface area contributed by atoms with Crippen LogP contribution in [-0.4, -0.2) is 5.11 Å². The van der Waals surface area contributed by atoms with E-state index in [9.17, 15) is 9.50 Å². The molecule has 0 aliphatic carbocycles. The molecule has 0 saturated carbocycles. The van der Waals surface area contributed by atoms with Crippen LogP contribution >= 0.6 is 22.9 Å². The van der Waals surface area contributed by atoms with Crippen LogP contribution in [0.4, 0.5) is 4.39 Å². The molecule has 1 aromatic heterocycles. The molecule has 18 heavy (non-hydrogen) atoms. The second-order valence-corrected chi connectivity index (χ2v) is 6.04. The van der Waals surface area contributed by atoms with Crippen molar-refractivity contribution in [1.82, 2.24) is 0 Å². The monoisotopic (exact) mass is 284 g/mol. The Morgan fingerprint density at radius 1 is 1.33 bits per heavy atom. The number of aryl methyl sites for hydroxylation is 2. The van der Waals surface area contributed by atoms with Gasteiger partial charge in [0, 0.05) is 21.2 Å². The van der Waals surface area contributed by atoms with Gasteiger partial charge in [-0.1, -0.05) is 17.7 Å². The quantitative estimate of drug-likeness (QED) is 0.884. The molecule has 0 bridgehead atoms. The number of aliphatic hydroxyl groups is 1. The first-order valence-corrected chi connectivity index (χ1v) is 6.85. The van der Waals surface area contributed by atoms with Crippen LogP contribution in [0.1, 0.15) is 27.0 Å². The van der Waals surface area contributed by atoms with Gasteiger partial charge < -0.3 is 5.11 Å². The Hall–Kier alpha value is -0.900. The zero-order valence-electron chi connectivity index (χ0n) is 10.2. The largest absolute Gasteiger partial charge is 0.387 e. The minimum Gasteiger partial charge on any atom is -0.387 e. The summed E-state index contributed by atoms with van der Waals surface area (Å²) in [6, 6.07) is 6.24. The number of hydrogen-bond donors (Lipinski definition) is 1. The summed E-state index contributed by atoms with van der Waals surface area (Å²) in [5, 5.41) is 10.5. The highest BCUT2D eigenvalue weighted by Gasteiger charge is 2.14. The normalized spacial score (nSPS) is 12.7. The van der Waals surface area contributed by atoms with Crippen molar-refractivity contribution in [2.75, 3.05) is 0 Å². The predicted octanol–water partition coefficient (Wildman–Crippen LogP) is 4.43. The fourth-order valence-electron chi connectivity index (χ4n) is 1.76. The van der Waals surface area contributed by atoms with E-state index in [0.29, 0.717) is 11.4 Å². The predicted molar refractivity (Wildman–Crippen MR) is 73.9 cm³/mol. The molecule has 4 heteroatoms. The fraction of sp³-hybridized carbons (Fsp3) is 0.286. The van der Waals surface area contributed by atoms with Gasteiger partial charge in [-0.05, 0) is 43.2 Å². The zero-order chi connectivity index (χ0) is 13.3. The number of thiophene rings is 1. The molecule has 0 saturated heterocycles. The van der Waals surface area contributed by atoms with Crippen LogP contribution in [0.5, 0.6) is 0 Å². The number of halogens is 2. The molecular formula is C14H14ClFOS. The first kappa shape index (κ1) is 13.5. The smallest absolute Gasteiger partial charge is 0.124 e. The van der Waals surface area contributed by atoms with Gasteiger partial charge in [-0.2, -0.15) is 0 Å². The Morgan fingerprint density at radius 3 is 2.61 bits per heavy atom. The van der Waals surface area contributed by atoms with E-state index in [2.05, 4.69) is 0 Å². The van der Waals surface area contributed by atoms with Crippen molar-refractivity contribution in [2.45, 2.75) is 26.4 Å². The van der Waals surface area contributed by atoms with Gasteiger partial charge in [0.15, 0.2) is 0 Å². The van der Waals surface area contributed by atoms with Crippen LogP contribution in [0, 0.1) is 19.7 Å². The summed E-state index contributed by atoms with van der Waals surface area (Å²) < 4.78 is 12.9. The third kappa shape index (κ3) is 2.91. The lowest BCUT2D eigenvalue weighted by atomic mass is 10.1. The summed E-state index contributed by atoms with van der Waals surface area (Å²) in [5.41, 5.74) is 1.94. The van der Waals surface area contributed by atoms with Crippen LogP contribution in [-0.2, 0) is 6.42 Å². The van der Waals surface area contributed by atoms with E-state index in [0.717, 1.165) is 10.4 Å². The van der Waals surface area contributed by atoms with Gasteiger partial charge in [0.25, 0.3) is 0 Å². The summed E-state index contributed by atoms with van der Waals surface area (Å²) >= 11 is 7.53. The molecule has 0 amide bonds. The van der Waals surface area contributed by atoms with Crippen molar-refractivity contribution in [3.63, 3.8) is 0 Å². The van der Waals surface area contributed by atoms with Gasteiger partial charge in [-0.3, -0.25) is 0 Å². The van der Waals surface area contributed by atoms with Crippen LogP contribution < -0.4 is 0 Å². The maximum atomic E-state index is 12.9.